The highest BCUT2D eigenvalue weighted by Crippen LogP contribution is 2.23. The minimum atomic E-state index is -0.501. The second-order valence-electron chi connectivity index (χ2n) is 6.96. The predicted octanol–water partition coefficient (Wildman–Crippen LogP) is 3.27. The number of anilines is 2. The molecule has 1 aliphatic rings. The highest BCUT2D eigenvalue weighted by molar-refractivity contribution is 6.33. The molecule has 2 aromatic heterocycles. The molecule has 0 aliphatic carbocycles. The summed E-state index contributed by atoms with van der Waals surface area (Å²) in [6, 6.07) is 11.6. The van der Waals surface area contributed by atoms with Crippen LogP contribution in [0.15, 0.2) is 59.7 Å². The van der Waals surface area contributed by atoms with Gasteiger partial charge in [-0.2, -0.15) is 9.78 Å². The van der Waals surface area contributed by atoms with Crippen LogP contribution in [0.4, 0.5) is 17.2 Å². The smallest absolute Gasteiger partial charge is 0.292 e. The monoisotopic (exact) mass is 426 g/mol. The van der Waals surface area contributed by atoms with Crippen molar-refractivity contribution in [3.8, 4) is 5.69 Å². The zero-order chi connectivity index (χ0) is 21.1. The Bertz CT molecular complexity index is 1100. The quantitative estimate of drug-likeness (QED) is 0.492. The van der Waals surface area contributed by atoms with Crippen LogP contribution in [-0.4, -0.2) is 38.8 Å². The molecule has 3 aromatic rings. The first-order valence-corrected chi connectivity index (χ1v) is 9.86. The van der Waals surface area contributed by atoms with Crippen LogP contribution in [-0.2, 0) is 0 Å². The molecule has 4 rings (SSSR count). The Balaban J connectivity index is 1.45. The summed E-state index contributed by atoms with van der Waals surface area (Å²) in [5, 5.41) is 18.3. The van der Waals surface area contributed by atoms with Crippen molar-refractivity contribution in [3.05, 3.63) is 80.3 Å². The first-order chi connectivity index (χ1) is 14.5. The summed E-state index contributed by atoms with van der Waals surface area (Å²) < 4.78 is 1.13. The van der Waals surface area contributed by atoms with Gasteiger partial charge in [0.2, 0.25) is 0 Å². The summed E-state index contributed by atoms with van der Waals surface area (Å²) in [4.78, 5) is 29.6. The van der Waals surface area contributed by atoms with Gasteiger partial charge in [0.05, 0.1) is 22.5 Å². The summed E-state index contributed by atoms with van der Waals surface area (Å²) in [5.74, 6) is 0.960. The molecule has 0 radical (unpaired) electrons. The van der Waals surface area contributed by atoms with Crippen LogP contribution in [0.25, 0.3) is 5.69 Å². The SMILES string of the molecule is O=c1c(Cl)c(NC2CCN(c3ccccn3)CC2)cnn1-c1ccc([N+](=O)[O-])cc1. The highest BCUT2D eigenvalue weighted by atomic mass is 35.5. The lowest BCUT2D eigenvalue weighted by Gasteiger charge is -2.33. The highest BCUT2D eigenvalue weighted by Gasteiger charge is 2.21. The molecular weight excluding hydrogens is 408 g/mol. The van der Waals surface area contributed by atoms with E-state index in [1.54, 1.807) is 6.20 Å². The molecule has 1 aliphatic heterocycles. The lowest BCUT2D eigenvalue weighted by Crippen LogP contribution is -2.39. The molecule has 0 bridgehead atoms. The van der Waals surface area contributed by atoms with Crippen molar-refractivity contribution in [2.24, 2.45) is 0 Å². The minimum absolute atomic E-state index is 0.0375. The molecular formula is C20H19ClN6O3. The molecule has 1 fully saturated rings. The van der Waals surface area contributed by atoms with Crippen LogP contribution in [0, 0.1) is 10.1 Å². The van der Waals surface area contributed by atoms with E-state index in [2.05, 4.69) is 20.3 Å². The zero-order valence-corrected chi connectivity index (χ0v) is 16.7. The molecule has 1 saturated heterocycles. The van der Waals surface area contributed by atoms with Crippen LogP contribution in [0.2, 0.25) is 5.02 Å². The van der Waals surface area contributed by atoms with Gasteiger partial charge in [0, 0.05) is 37.5 Å². The van der Waals surface area contributed by atoms with Crippen LogP contribution in [0.3, 0.4) is 0 Å². The number of piperidine rings is 1. The molecule has 1 N–H and O–H groups in total. The Kier molecular flexibility index (Phi) is 5.62. The normalized spacial score (nSPS) is 14.5. The van der Waals surface area contributed by atoms with Gasteiger partial charge < -0.3 is 10.2 Å². The van der Waals surface area contributed by atoms with Gasteiger partial charge in [-0.3, -0.25) is 14.9 Å². The van der Waals surface area contributed by atoms with Gasteiger partial charge in [-0.1, -0.05) is 17.7 Å². The lowest BCUT2D eigenvalue weighted by atomic mass is 10.0. The Morgan fingerprint density at radius 3 is 2.50 bits per heavy atom. The van der Waals surface area contributed by atoms with Crippen molar-refractivity contribution >= 4 is 28.8 Å². The van der Waals surface area contributed by atoms with Gasteiger partial charge in [0.1, 0.15) is 10.8 Å². The summed E-state index contributed by atoms with van der Waals surface area (Å²) in [5.41, 5.74) is 0.341. The van der Waals surface area contributed by atoms with Crippen molar-refractivity contribution < 1.29 is 4.92 Å². The predicted molar refractivity (Wildman–Crippen MR) is 115 cm³/mol. The number of hydrogen-bond acceptors (Lipinski definition) is 7. The third-order valence-corrected chi connectivity index (χ3v) is 5.42. The third-order valence-electron chi connectivity index (χ3n) is 5.05. The van der Waals surface area contributed by atoms with Crippen molar-refractivity contribution in [2.45, 2.75) is 18.9 Å². The van der Waals surface area contributed by atoms with Gasteiger partial charge in [0.25, 0.3) is 11.2 Å². The standard InChI is InChI=1S/C20H19ClN6O3/c21-19-17(24-14-8-11-25(12-9-14)18-3-1-2-10-22-18)13-23-26(20(19)28)15-4-6-16(7-5-15)27(29)30/h1-7,10,13-14,24H,8-9,11-12H2. The van der Waals surface area contributed by atoms with Gasteiger partial charge >= 0.3 is 0 Å². The molecule has 154 valence electrons. The minimum Gasteiger partial charge on any atom is -0.380 e. The fourth-order valence-corrected chi connectivity index (χ4v) is 3.63. The van der Waals surface area contributed by atoms with Crippen LogP contribution in [0.5, 0.6) is 0 Å². The number of rotatable bonds is 5. The summed E-state index contributed by atoms with van der Waals surface area (Å²) in [7, 11) is 0. The molecule has 0 atom stereocenters. The second-order valence-corrected chi connectivity index (χ2v) is 7.33. The van der Waals surface area contributed by atoms with E-state index in [0.717, 1.165) is 36.4 Å². The molecule has 9 nitrogen and oxygen atoms in total. The lowest BCUT2D eigenvalue weighted by molar-refractivity contribution is -0.384. The van der Waals surface area contributed by atoms with Crippen molar-refractivity contribution in [3.63, 3.8) is 0 Å². The fourth-order valence-electron chi connectivity index (χ4n) is 3.45. The van der Waals surface area contributed by atoms with E-state index in [1.807, 2.05) is 18.2 Å². The van der Waals surface area contributed by atoms with Gasteiger partial charge in [-0.05, 0) is 37.1 Å². The largest absolute Gasteiger partial charge is 0.380 e. The number of halogens is 1. The number of nitro benzene ring substituents is 1. The number of nitro groups is 1. The average Bonchev–Trinajstić information content (AvgIpc) is 2.78. The number of pyridine rings is 1. The topological polar surface area (TPSA) is 106 Å². The second kappa shape index (κ2) is 8.50. The zero-order valence-electron chi connectivity index (χ0n) is 15.9. The molecule has 0 unspecified atom stereocenters. The Morgan fingerprint density at radius 1 is 1.13 bits per heavy atom. The van der Waals surface area contributed by atoms with Crippen molar-refractivity contribution in [1.82, 2.24) is 14.8 Å². The number of nitrogens with zero attached hydrogens (tertiary/aromatic N) is 5. The molecule has 3 heterocycles. The molecule has 10 heteroatoms. The van der Waals surface area contributed by atoms with Gasteiger partial charge in [-0.15, -0.1) is 0 Å². The Labute approximate surface area is 177 Å². The number of aromatic nitrogens is 3. The third kappa shape index (κ3) is 4.11. The number of hydrogen-bond donors (Lipinski definition) is 1. The average molecular weight is 427 g/mol. The molecule has 1 aromatic carbocycles. The molecule has 0 saturated carbocycles. The Hall–Kier alpha value is -3.46. The number of benzene rings is 1. The molecule has 0 spiro atoms. The van der Waals surface area contributed by atoms with E-state index in [4.69, 9.17) is 11.6 Å². The maximum atomic E-state index is 12.7. The van der Waals surface area contributed by atoms with E-state index in [1.165, 1.54) is 30.5 Å². The number of non-ortho nitro benzene ring substituents is 1. The first-order valence-electron chi connectivity index (χ1n) is 9.48. The van der Waals surface area contributed by atoms with E-state index in [-0.39, 0.29) is 16.8 Å². The van der Waals surface area contributed by atoms with Crippen molar-refractivity contribution in [2.75, 3.05) is 23.3 Å². The van der Waals surface area contributed by atoms with Gasteiger partial charge in [-0.25, -0.2) is 4.98 Å². The first kappa shape index (κ1) is 19.8. The van der Waals surface area contributed by atoms with Crippen LogP contribution in [0.1, 0.15) is 12.8 Å². The van der Waals surface area contributed by atoms with Crippen molar-refractivity contribution in [1.29, 1.82) is 0 Å². The maximum Gasteiger partial charge on any atom is 0.292 e. The summed E-state index contributed by atoms with van der Waals surface area (Å²) >= 11 is 6.31. The van der Waals surface area contributed by atoms with Crippen LogP contribution < -0.4 is 15.8 Å². The summed E-state index contributed by atoms with van der Waals surface area (Å²) in [6.45, 7) is 1.69. The molecule has 30 heavy (non-hydrogen) atoms. The fraction of sp³-hybridized carbons (Fsp3) is 0.250. The maximum absolute atomic E-state index is 12.7. The molecule has 0 amide bonds. The van der Waals surface area contributed by atoms with E-state index in [0.29, 0.717) is 11.4 Å². The Morgan fingerprint density at radius 2 is 1.87 bits per heavy atom. The van der Waals surface area contributed by atoms with Gasteiger partial charge in [0.15, 0.2) is 0 Å². The number of nitrogens with one attached hydrogen (secondary N) is 1. The van der Waals surface area contributed by atoms with E-state index >= 15 is 0 Å². The van der Waals surface area contributed by atoms with Crippen LogP contribution >= 0.6 is 11.6 Å². The van der Waals surface area contributed by atoms with E-state index in [9.17, 15) is 14.9 Å². The summed E-state index contributed by atoms with van der Waals surface area (Å²) in [6.07, 6.45) is 5.04. The van der Waals surface area contributed by atoms with E-state index < -0.39 is 10.5 Å².